The van der Waals surface area contributed by atoms with Gasteiger partial charge in [-0.05, 0) is 44.0 Å². The van der Waals surface area contributed by atoms with Gasteiger partial charge in [-0.3, -0.25) is 14.9 Å². The van der Waals surface area contributed by atoms with Gasteiger partial charge in [0.1, 0.15) is 0 Å². The monoisotopic (exact) mass is 341 g/mol. The average Bonchev–Trinajstić information content (AvgIpc) is 3.18. The molecule has 0 saturated carbocycles. The topological polar surface area (TPSA) is 93.3 Å². The summed E-state index contributed by atoms with van der Waals surface area (Å²) in [4.78, 5) is 25.2. The molecular weight excluding hydrogens is 322 g/mol. The molecule has 2 saturated heterocycles. The van der Waals surface area contributed by atoms with Crippen LogP contribution >= 0.6 is 0 Å². The van der Waals surface area contributed by atoms with E-state index in [-0.39, 0.29) is 23.7 Å². The van der Waals surface area contributed by atoms with Gasteiger partial charge in [0.05, 0.1) is 10.6 Å². The number of nitro benzene ring substituents is 1. The Bertz CT molecular complexity index is 787. The van der Waals surface area contributed by atoms with Crippen molar-refractivity contribution in [2.24, 2.45) is 0 Å². The summed E-state index contributed by atoms with van der Waals surface area (Å²) in [5.41, 5.74) is 1.13. The van der Waals surface area contributed by atoms with Crippen molar-refractivity contribution in [2.45, 2.75) is 31.3 Å². The van der Waals surface area contributed by atoms with Crippen LogP contribution in [0.3, 0.4) is 0 Å². The van der Waals surface area contributed by atoms with Gasteiger partial charge in [-0.1, -0.05) is 0 Å². The maximum Gasteiger partial charge on any atom is 0.274 e. The Morgan fingerprint density at radius 2 is 1.92 bits per heavy atom. The number of non-ortho nitro benzene ring substituents is 1. The standard InChI is InChI=1S/C17H19N5O3/c23-17(21-13-3-6-15(21)11-18-9-7-13)16-8-10-20(19-16)12-1-4-14(5-2-12)22(24)25/h1-2,4-5,8,10,13,15,18H,3,6-7,9,11H2. The summed E-state index contributed by atoms with van der Waals surface area (Å²) in [6, 6.07) is 8.35. The van der Waals surface area contributed by atoms with Gasteiger partial charge < -0.3 is 10.2 Å². The number of nitro groups is 1. The second-order valence-electron chi connectivity index (χ2n) is 6.51. The summed E-state index contributed by atoms with van der Waals surface area (Å²) in [6.45, 7) is 1.79. The molecule has 2 aliphatic heterocycles. The zero-order valence-corrected chi connectivity index (χ0v) is 13.7. The van der Waals surface area contributed by atoms with E-state index in [1.807, 2.05) is 4.90 Å². The first-order valence-corrected chi connectivity index (χ1v) is 8.47. The molecule has 1 N–H and O–H groups in total. The van der Waals surface area contributed by atoms with Gasteiger partial charge in [0.15, 0.2) is 5.69 Å². The third-order valence-electron chi connectivity index (χ3n) is 5.02. The van der Waals surface area contributed by atoms with Crippen LogP contribution < -0.4 is 5.32 Å². The largest absolute Gasteiger partial charge is 0.330 e. The van der Waals surface area contributed by atoms with Crippen LogP contribution in [0.5, 0.6) is 0 Å². The Hall–Kier alpha value is -2.74. The number of aromatic nitrogens is 2. The Labute approximate surface area is 144 Å². The Morgan fingerprint density at radius 3 is 2.68 bits per heavy atom. The van der Waals surface area contributed by atoms with E-state index in [0.717, 1.165) is 32.4 Å². The average molecular weight is 341 g/mol. The number of rotatable bonds is 3. The molecule has 0 aliphatic carbocycles. The molecule has 2 fully saturated rings. The molecule has 2 aliphatic rings. The van der Waals surface area contributed by atoms with Crippen LogP contribution in [0.25, 0.3) is 5.69 Å². The summed E-state index contributed by atoms with van der Waals surface area (Å²) in [7, 11) is 0. The van der Waals surface area contributed by atoms with E-state index in [4.69, 9.17) is 0 Å². The van der Waals surface area contributed by atoms with Crippen LogP contribution in [-0.2, 0) is 0 Å². The number of benzene rings is 1. The smallest absolute Gasteiger partial charge is 0.274 e. The predicted molar refractivity (Wildman–Crippen MR) is 90.7 cm³/mol. The predicted octanol–water partition coefficient (Wildman–Crippen LogP) is 1.75. The first kappa shape index (κ1) is 15.8. The van der Waals surface area contributed by atoms with Crippen LogP contribution in [-0.4, -0.2) is 50.7 Å². The lowest BCUT2D eigenvalue weighted by Crippen LogP contribution is -2.42. The quantitative estimate of drug-likeness (QED) is 0.678. The number of nitrogens with one attached hydrogen (secondary N) is 1. The fourth-order valence-electron chi connectivity index (χ4n) is 3.76. The fraction of sp³-hybridized carbons (Fsp3) is 0.412. The molecule has 2 aromatic rings. The van der Waals surface area contributed by atoms with Gasteiger partial charge in [0.25, 0.3) is 11.6 Å². The normalized spacial score (nSPS) is 22.6. The summed E-state index contributed by atoms with van der Waals surface area (Å²) in [5, 5.41) is 18.5. The van der Waals surface area contributed by atoms with Crippen molar-refractivity contribution in [1.82, 2.24) is 20.0 Å². The molecule has 0 spiro atoms. The molecule has 2 bridgehead atoms. The summed E-state index contributed by atoms with van der Waals surface area (Å²) in [5.74, 6) is -0.0307. The van der Waals surface area contributed by atoms with Crippen LogP contribution in [0, 0.1) is 10.1 Å². The third kappa shape index (κ3) is 2.89. The van der Waals surface area contributed by atoms with Gasteiger partial charge in [-0.15, -0.1) is 0 Å². The minimum Gasteiger partial charge on any atom is -0.330 e. The molecule has 130 valence electrons. The maximum atomic E-state index is 12.9. The van der Waals surface area contributed by atoms with E-state index >= 15 is 0 Å². The highest BCUT2D eigenvalue weighted by Gasteiger charge is 2.39. The molecule has 1 amide bonds. The molecular formula is C17H19N5O3. The van der Waals surface area contributed by atoms with E-state index in [1.165, 1.54) is 12.1 Å². The van der Waals surface area contributed by atoms with Crippen molar-refractivity contribution in [1.29, 1.82) is 0 Å². The van der Waals surface area contributed by atoms with Crippen molar-refractivity contribution < 1.29 is 9.72 Å². The highest BCUT2D eigenvalue weighted by atomic mass is 16.6. The number of carbonyl (C=O) groups is 1. The maximum absolute atomic E-state index is 12.9. The lowest BCUT2D eigenvalue weighted by molar-refractivity contribution is -0.384. The molecule has 3 heterocycles. The second-order valence-corrected chi connectivity index (χ2v) is 6.51. The van der Waals surface area contributed by atoms with E-state index < -0.39 is 4.92 Å². The first-order valence-electron chi connectivity index (χ1n) is 8.47. The van der Waals surface area contributed by atoms with Gasteiger partial charge >= 0.3 is 0 Å². The van der Waals surface area contributed by atoms with Crippen LogP contribution in [0.15, 0.2) is 36.5 Å². The minimum atomic E-state index is -0.440. The van der Waals surface area contributed by atoms with Crippen molar-refractivity contribution in [2.75, 3.05) is 13.1 Å². The Kier molecular flexibility index (Phi) is 3.96. The van der Waals surface area contributed by atoms with Crippen molar-refractivity contribution in [3.05, 3.63) is 52.3 Å². The number of hydrogen-bond donors (Lipinski definition) is 1. The zero-order chi connectivity index (χ0) is 17.4. The highest BCUT2D eigenvalue weighted by Crippen LogP contribution is 2.29. The fourth-order valence-corrected chi connectivity index (χ4v) is 3.76. The van der Waals surface area contributed by atoms with Crippen LogP contribution in [0.2, 0.25) is 0 Å². The summed E-state index contributed by atoms with van der Waals surface area (Å²) < 4.78 is 1.58. The molecule has 2 unspecified atom stereocenters. The number of nitrogens with zero attached hydrogens (tertiary/aromatic N) is 4. The number of amides is 1. The molecule has 1 aromatic carbocycles. The number of carbonyl (C=O) groups excluding carboxylic acids is 1. The van der Waals surface area contributed by atoms with Gasteiger partial charge in [-0.25, -0.2) is 4.68 Å². The summed E-state index contributed by atoms with van der Waals surface area (Å²) in [6.07, 6.45) is 4.78. The second kappa shape index (κ2) is 6.29. The molecule has 1 aromatic heterocycles. The Morgan fingerprint density at radius 1 is 1.16 bits per heavy atom. The third-order valence-corrected chi connectivity index (χ3v) is 5.02. The van der Waals surface area contributed by atoms with Crippen molar-refractivity contribution >= 4 is 11.6 Å². The van der Waals surface area contributed by atoms with Gasteiger partial charge in [-0.2, -0.15) is 5.10 Å². The first-order chi connectivity index (χ1) is 12.1. The van der Waals surface area contributed by atoms with E-state index in [9.17, 15) is 14.9 Å². The van der Waals surface area contributed by atoms with Crippen LogP contribution in [0.1, 0.15) is 29.8 Å². The lowest BCUT2D eigenvalue weighted by Gasteiger charge is -2.27. The Balaban J connectivity index is 1.56. The highest BCUT2D eigenvalue weighted by molar-refractivity contribution is 5.93. The SMILES string of the molecule is O=C(c1ccn(-c2ccc([N+](=O)[O-])cc2)n1)N1C2CCNCC1CC2. The van der Waals surface area contributed by atoms with Gasteiger partial charge in [0.2, 0.25) is 0 Å². The molecule has 8 nitrogen and oxygen atoms in total. The summed E-state index contributed by atoms with van der Waals surface area (Å²) >= 11 is 0. The molecule has 0 radical (unpaired) electrons. The molecule has 4 rings (SSSR count). The minimum absolute atomic E-state index is 0.0286. The van der Waals surface area contributed by atoms with E-state index in [2.05, 4.69) is 10.4 Å². The molecule has 8 heteroatoms. The zero-order valence-electron chi connectivity index (χ0n) is 13.7. The van der Waals surface area contributed by atoms with Crippen molar-refractivity contribution in [3.63, 3.8) is 0 Å². The molecule has 25 heavy (non-hydrogen) atoms. The van der Waals surface area contributed by atoms with E-state index in [1.54, 1.807) is 29.1 Å². The van der Waals surface area contributed by atoms with Crippen LogP contribution in [0.4, 0.5) is 5.69 Å². The number of hydrogen-bond acceptors (Lipinski definition) is 5. The van der Waals surface area contributed by atoms with Crippen molar-refractivity contribution in [3.8, 4) is 5.69 Å². The van der Waals surface area contributed by atoms with Gasteiger partial charge in [0, 0.05) is 37.0 Å². The lowest BCUT2D eigenvalue weighted by atomic mass is 10.1. The van der Waals surface area contributed by atoms with E-state index in [0.29, 0.717) is 11.4 Å². The molecule has 2 atom stereocenters. The number of fused-ring (bicyclic) bond motifs is 2.